The minimum Gasteiger partial charge on any atom is -0.375 e. The van der Waals surface area contributed by atoms with Crippen molar-refractivity contribution in [1.82, 2.24) is 0 Å². The van der Waals surface area contributed by atoms with Gasteiger partial charge in [-0.25, -0.2) is 0 Å². The first kappa shape index (κ1) is 11.5. The van der Waals surface area contributed by atoms with Crippen molar-refractivity contribution in [3.05, 3.63) is 12.7 Å². The molecule has 0 aliphatic carbocycles. The highest BCUT2D eigenvalue weighted by atomic mass is 19.3. The summed E-state index contributed by atoms with van der Waals surface area (Å²) >= 11 is 0. The van der Waals surface area contributed by atoms with Crippen molar-refractivity contribution in [3.63, 3.8) is 0 Å². The molecule has 0 aromatic heterocycles. The molecule has 0 spiro atoms. The van der Waals surface area contributed by atoms with Crippen LogP contribution in [0.1, 0.15) is 0 Å². The Balaban J connectivity index is 3.24. The molecule has 2 N–H and O–H groups in total. The molecule has 0 aliphatic heterocycles. The maximum Gasteiger partial charge on any atom is 0.368 e. The molecule has 0 fully saturated rings. The Labute approximate surface area is 70.1 Å². The van der Waals surface area contributed by atoms with E-state index >= 15 is 0 Å². The van der Waals surface area contributed by atoms with Crippen LogP contribution in [0.2, 0.25) is 0 Å². The summed E-state index contributed by atoms with van der Waals surface area (Å²) in [4.78, 5) is 0. The zero-order valence-electron chi connectivity index (χ0n) is 6.76. The molecule has 0 rings (SSSR count). The molecule has 0 aromatic carbocycles. The lowest BCUT2D eigenvalue weighted by atomic mass is 10.6. The van der Waals surface area contributed by atoms with Crippen LogP contribution in [0, 0.1) is 0 Å². The monoisotopic (exact) mass is 181 g/mol. The zero-order chi connectivity index (χ0) is 9.45. The third-order valence-electron chi connectivity index (χ3n) is 1.01. The van der Waals surface area contributed by atoms with E-state index in [-0.39, 0.29) is 13.2 Å². The fourth-order valence-corrected chi connectivity index (χ4v) is 0.476. The van der Waals surface area contributed by atoms with E-state index in [1.54, 1.807) is 0 Å². The highest BCUT2D eigenvalue weighted by Crippen LogP contribution is 2.11. The largest absolute Gasteiger partial charge is 0.375 e. The van der Waals surface area contributed by atoms with Gasteiger partial charge in [0, 0.05) is 0 Å². The number of nitrogens with two attached hydrogens (primary N) is 1. The minimum absolute atomic E-state index is 0.113. The number of hydrogen-bond acceptors (Lipinski definition) is 3. The Morgan fingerprint density at radius 2 is 2.08 bits per heavy atom. The fraction of sp³-hybridized carbons (Fsp3) is 0.714. The minimum atomic E-state index is -3.24. The van der Waals surface area contributed by atoms with Crippen molar-refractivity contribution in [1.29, 1.82) is 0 Å². The maximum absolute atomic E-state index is 12.2. The highest BCUT2D eigenvalue weighted by Gasteiger charge is 2.26. The summed E-state index contributed by atoms with van der Waals surface area (Å²) in [5, 5.41) is 0. The van der Waals surface area contributed by atoms with Crippen molar-refractivity contribution in [3.8, 4) is 0 Å². The summed E-state index contributed by atoms with van der Waals surface area (Å²) in [5.74, 6) is 0. The molecule has 0 atom stereocenters. The molecule has 0 unspecified atom stereocenters. The molecule has 0 aliphatic rings. The fourth-order valence-electron chi connectivity index (χ4n) is 0.476. The Bertz CT molecular complexity index is 131. The number of hydrogen-bond donors (Lipinski definition) is 1. The van der Waals surface area contributed by atoms with Gasteiger partial charge < -0.3 is 15.2 Å². The van der Waals surface area contributed by atoms with Crippen molar-refractivity contribution in [2.24, 2.45) is 5.73 Å². The molecule has 0 heterocycles. The molecule has 0 radical (unpaired) electrons. The molecule has 0 aromatic rings. The lowest BCUT2D eigenvalue weighted by Crippen LogP contribution is -2.32. The van der Waals surface area contributed by atoms with Gasteiger partial charge in [-0.3, -0.25) is 0 Å². The van der Waals surface area contributed by atoms with Crippen LogP contribution in [0.25, 0.3) is 0 Å². The average Bonchev–Trinajstić information content (AvgIpc) is 2.04. The second-order valence-corrected chi connectivity index (χ2v) is 2.05. The summed E-state index contributed by atoms with van der Waals surface area (Å²) in [6.45, 7) is 2.85. The number of rotatable bonds is 7. The van der Waals surface area contributed by atoms with Crippen LogP contribution in [0.3, 0.4) is 0 Å². The molecule has 0 saturated carbocycles. The Hall–Kier alpha value is -0.520. The van der Waals surface area contributed by atoms with E-state index in [0.717, 1.165) is 0 Å². The summed E-state index contributed by atoms with van der Waals surface area (Å²) in [5.41, 5.74) is 4.72. The Morgan fingerprint density at radius 3 is 2.58 bits per heavy atom. The summed E-state index contributed by atoms with van der Waals surface area (Å²) in [6.07, 6.45) is -1.71. The van der Waals surface area contributed by atoms with E-state index in [9.17, 15) is 8.78 Å². The molecular formula is C7H13F2NO2. The maximum atomic E-state index is 12.2. The second-order valence-electron chi connectivity index (χ2n) is 2.05. The van der Waals surface area contributed by atoms with Crippen LogP contribution >= 0.6 is 0 Å². The van der Waals surface area contributed by atoms with Gasteiger partial charge in [0.1, 0.15) is 0 Å². The number of ether oxygens (including phenoxy) is 2. The van der Waals surface area contributed by atoms with E-state index in [1.807, 2.05) is 0 Å². The molecule has 0 bridgehead atoms. The van der Waals surface area contributed by atoms with Gasteiger partial charge in [0.05, 0.1) is 26.4 Å². The van der Waals surface area contributed by atoms with Crippen LogP contribution in [-0.4, -0.2) is 32.5 Å². The molecule has 0 amide bonds. The zero-order valence-corrected chi connectivity index (χ0v) is 6.76. The van der Waals surface area contributed by atoms with Gasteiger partial charge in [0.15, 0.2) is 0 Å². The quantitative estimate of drug-likeness (QED) is 0.465. The highest BCUT2D eigenvalue weighted by molar-refractivity contribution is 4.63. The smallest absolute Gasteiger partial charge is 0.368 e. The Kier molecular flexibility index (Phi) is 5.79. The van der Waals surface area contributed by atoms with Crippen LogP contribution in [0.4, 0.5) is 8.78 Å². The van der Waals surface area contributed by atoms with Gasteiger partial charge in [-0.15, -0.1) is 6.58 Å². The number of alkyl halides is 2. The topological polar surface area (TPSA) is 44.5 Å². The van der Waals surface area contributed by atoms with Crippen molar-refractivity contribution in [2.75, 3.05) is 26.4 Å². The Morgan fingerprint density at radius 1 is 1.42 bits per heavy atom. The van der Waals surface area contributed by atoms with Gasteiger partial charge in [-0.1, -0.05) is 6.08 Å². The first-order chi connectivity index (χ1) is 5.62. The molecule has 0 saturated heterocycles. The van der Waals surface area contributed by atoms with E-state index in [1.165, 1.54) is 6.08 Å². The van der Waals surface area contributed by atoms with Gasteiger partial charge in [-0.2, -0.15) is 8.78 Å². The summed E-state index contributed by atoms with van der Waals surface area (Å²) in [7, 11) is 0. The van der Waals surface area contributed by atoms with Crippen molar-refractivity contribution < 1.29 is 18.3 Å². The third kappa shape index (κ3) is 6.21. The van der Waals surface area contributed by atoms with Crippen LogP contribution < -0.4 is 5.73 Å². The van der Waals surface area contributed by atoms with Gasteiger partial charge in [0.25, 0.3) is 0 Å². The van der Waals surface area contributed by atoms with Crippen LogP contribution in [0.5, 0.6) is 0 Å². The molecule has 12 heavy (non-hydrogen) atoms. The normalized spacial score (nSPS) is 11.6. The van der Waals surface area contributed by atoms with Crippen molar-refractivity contribution >= 4 is 0 Å². The molecule has 3 nitrogen and oxygen atoms in total. The van der Waals surface area contributed by atoms with Gasteiger partial charge >= 0.3 is 6.11 Å². The first-order valence-electron chi connectivity index (χ1n) is 3.53. The summed E-state index contributed by atoms with van der Waals surface area (Å²) in [6, 6.07) is 0. The van der Waals surface area contributed by atoms with E-state index in [0.29, 0.717) is 6.61 Å². The van der Waals surface area contributed by atoms with E-state index < -0.39 is 12.7 Å². The SMILES string of the molecule is C=CCOCCOC(F)(F)CN. The first-order valence-corrected chi connectivity index (χ1v) is 3.53. The lowest BCUT2D eigenvalue weighted by molar-refractivity contribution is -0.234. The molecular weight excluding hydrogens is 168 g/mol. The summed E-state index contributed by atoms with van der Waals surface area (Å²) < 4.78 is 33.4. The van der Waals surface area contributed by atoms with Crippen LogP contribution in [0.15, 0.2) is 12.7 Å². The number of halogens is 2. The average molecular weight is 181 g/mol. The predicted molar refractivity (Wildman–Crippen MR) is 41.0 cm³/mol. The second kappa shape index (κ2) is 6.05. The van der Waals surface area contributed by atoms with E-state index in [2.05, 4.69) is 11.3 Å². The molecule has 72 valence electrons. The lowest BCUT2D eigenvalue weighted by Gasteiger charge is -2.13. The van der Waals surface area contributed by atoms with Gasteiger partial charge in [-0.05, 0) is 0 Å². The third-order valence-corrected chi connectivity index (χ3v) is 1.01. The van der Waals surface area contributed by atoms with Gasteiger partial charge in [0.2, 0.25) is 0 Å². The predicted octanol–water partition coefficient (Wildman–Crippen LogP) is 0.757. The molecule has 5 heteroatoms. The van der Waals surface area contributed by atoms with Crippen LogP contribution in [-0.2, 0) is 9.47 Å². The standard InChI is InChI=1S/C7H13F2NO2/c1-2-3-11-4-5-12-7(8,9)6-10/h2H,1,3-6,10H2. The van der Waals surface area contributed by atoms with E-state index in [4.69, 9.17) is 10.5 Å². The van der Waals surface area contributed by atoms with Crippen molar-refractivity contribution in [2.45, 2.75) is 6.11 Å².